The van der Waals surface area contributed by atoms with Gasteiger partial charge in [0.05, 0.1) is 12.5 Å². The summed E-state index contributed by atoms with van der Waals surface area (Å²) in [5, 5.41) is 30.7. The Labute approximate surface area is 238 Å². The molecule has 0 aromatic heterocycles. The molecule has 0 unspecified atom stereocenters. The number of nitrogens with zero attached hydrogens (tertiary/aromatic N) is 1. The summed E-state index contributed by atoms with van der Waals surface area (Å²) in [7, 11) is 0. The van der Waals surface area contributed by atoms with E-state index in [0.29, 0.717) is 19.3 Å². The number of esters is 1. The minimum atomic E-state index is -1.84. The molecule has 5 rings (SSSR count). The number of rotatable bonds is 7. The van der Waals surface area contributed by atoms with Gasteiger partial charge in [0.1, 0.15) is 17.4 Å². The average molecular weight is 574 g/mol. The largest absolute Gasteiger partial charge is 0.480 e. The third-order valence-electron chi connectivity index (χ3n) is 11.1. The van der Waals surface area contributed by atoms with E-state index in [1.165, 1.54) is 0 Å². The Morgan fingerprint density at radius 1 is 1.07 bits per heavy atom. The van der Waals surface area contributed by atoms with E-state index in [1.807, 2.05) is 0 Å². The molecule has 5 aliphatic rings. The van der Waals surface area contributed by atoms with Crippen molar-refractivity contribution in [1.29, 1.82) is 0 Å². The Morgan fingerprint density at radius 3 is 2.51 bits per heavy atom. The highest BCUT2D eigenvalue weighted by molar-refractivity contribution is 5.95. The van der Waals surface area contributed by atoms with E-state index in [2.05, 4.69) is 6.92 Å². The standard InChI is InChI=1S/C30H39NO10/c1-28-9-7-17(32)11-16(28)3-4-19-20-8-10-30(40,29(20,2)13-22(34)26(19)28)23(35)15-41-25(37)6-5-24(36)31-14-18(33)12-21(31)27(38)39/h11,18-21,26,33,40H,3-10,12-15H2,1-2H3,(H,38,39)/t18-,19-,20+,21-,26+,28+,29+,30+/m1/s1. The van der Waals surface area contributed by atoms with E-state index in [1.54, 1.807) is 13.0 Å². The fourth-order valence-corrected chi connectivity index (χ4v) is 8.86. The van der Waals surface area contributed by atoms with Crippen molar-refractivity contribution in [3.8, 4) is 0 Å². The first-order chi connectivity index (χ1) is 19.2. The third-order valence-corrected chi connectivity index (χ3v) is 11.1. The molecule has 224 valence electrons. The second-order valence-electron chi connectivity index (χ2n) is 13.2. The van der Waals surface area contributed by atoms with Crippen molar-refractivity contribution in [3.05, 3.63) is 11.6 Å². The Hall–Kier alpha value is -2.92. The smallest absolute Gasteiger partial charge is 0.326 e. The van der Waals surface area contributed by atoms with Gasteiger partial charge in [-0.15, -0.1) is 0 Å². The van der Waals surface area contributed by atoms with Gasteiger partial charge < -0.3 is 25.0 Å². The minimum Gasteiger partial charge on any atom is -0.480 e. The molecule has 41 heavy (non-hydrogen) atoms. The molecule has 11 heteroatoms. The Bertz CT molecular complexity index is 1230. The summed E-state index contributed by atoms with van der Waals surface area (Å²) in [6, 6.07) is -1.16. The highest BCUT2D eigenvalue weighted by Gasteiger charge is 2.68. The van der Waals surface area contributed by atoms with Crippen LogP contribution in [-0.2, 0) is 33.5 Å². The van der Waals surface area contributed by atoms with Crippen molar-refractivity contribution in [1.82, 2.24) is 4.90 Å². The van der Waals surface area contributed by atoms with Gasteiger partial charge in [-0.2, -0.15) is 0 Å². The molecule has 1 saturated heterocycles. The van der Waals surface area contributed by atoms with Gasteiger partial charge in [0.25, 0.3) is 0 Å². The minimum absolute atomic E-state index is 0.00604. The van der Waals surface area contributed by atoms with Gasteiger partial charge in [-0.3, -0.25) is 24.0 Å². The zero-order valence-corrected chi connectivity index (χ0v) is 23.6. The van der Waals surface area contributed by atoms with Crippen molar-refractivity contribution < 1.29 is 48.8 Å². The lowest BCUT2D eigenvalue weighted by molar-refractivity contribution is -0.174. The van der Waals surface area contributed by atoms with Crippen LogP contribution in [-0.4, -0.2) is 86.3 Å². The molecule has 0 bridgehead atoms. The van der Waals surface area contributed by atoms with Gasteiger partial charge in [0, 0.05) is 43.6 Å². The van der Waals surface area contributed by atoms with E-state index < -0.39 is 53.4 Å². The van der Waals surface area contributed by atoms with Gasteiger partial charge >= 0.3 is 11.9 Å². The molecule has 3 N–H and O–H groups in total. The predicted octanol–water partition coefficient (Wildman–Crippen LogP) is 1.37. The summed E-state index contributed by atoms with van der Waals surface area (Å²) in [6.07, 6.45) is 3.19. The number of allylic oxidation sites excluding steroid dienone is 1. The number of aliphatic hydroxyl groups excluding tert-OH is 1. The lowest BCUT2D eigenvalue weighted by Crippen LogP contribution is -2.61. The molecule has 1 aliphatic heterocycles. The van der Waals surface area contributed by atoms with E-state index in [4.69, 9.17) is 4.74 Å². The maximum Gasteiger partial charge on any atom is 0.326 e. The molecule has 1 amide bonds. The normalized spacial score (nSPS) is 39.9. The number of ketones is 3. The lowest BCUT2D eigenvalue weighted by atomic mass is 9.46. The van der Waals surface area contributed by atoms with Gasteiger partial charge in [0.15, 0.2) is 12.4 Å². The van der Waals surface area contributed by atoms with Crippen LogP contribution in [0.25, 0.3) is 0 Å². The zero-order valence-electron chi connectivity index (χ0n) is 23.6. The first-order valence-electron chi connectivity index (χ1n) is 14.6. The predicted molar refractivity (Wildman–Crippen MR) is 141 cm³/mol. The number of aliphatic hydroxyl groups is 2. The van der Waals surface area contributed by atoms with Crippen molar-refractivity contribution in [2.75, 3.05) is 13.2 Å². The van der Waals surface area contributed by atoms with Crippen LogP contribution in [0.1, 0.15) is 78.1 Å². The Balaban J connectivity index is 1.21. The van der Waals surface area contributed by atoms with Crippen molar-refractivity contribution in [2.24, 2.45) is 28.6 Å². The van der Waals surface area contributed by atoms with Gasteiger partial charge in [-0.05, 0) is 55.4 Å². The fraction of sp³-hybridized carbons (Fsp3) is 0.733. The summed E-state index contributed by atoms with van der Waals surface area (Å²) in [5.74, 6) is -3.58. The lowest BCUT2D eigenvalue weighted by Gasteiger charge is -2.57. The van der Waals surface area contributed by atoms with Crippen LogP contribution in [0.15, 0.2) is 11.6 Å². The summed E-state index contributed by atoms with van der Waals surface area (Å²) in [5.41, 5.74) is -2.19. The number of ether oxygens (including phenoxy) is 1. The molecule has 0 spiro atoms. The first kappa shape index (κ1) is 29.6. The number of carbonyl (C=O) groups is 6. The summed E-state index contributed by atoms with van der Waals surface area (Å²) < 4.78 is 5.14. The van der Waals surface area contributed by atoms with Crippen molar-refractivity contribution in [3.63, 3.8) is 0 Å². The number of aliphatic carboxylic acids is 1. The molecular weight excluding hydrogens is 534 g/mol. The zero-order chi connectivity index (χ0) is 29.9. The number of carboxylic acid groups (broad SMARTS) is 1. The number of β-amino-alcohol motifs (C(OH)–C–C–N with tert-alkyl or cyclic N) is 1. The number of carbonyl (C=O) groups excluding carboxylic acids is 5. The quantitative estimate of drug-likeness (QED) is 0.377. The van der Waals surface area contributed by atoms with Crippen LogP contribution < -0.4 is 0 Å². The fourth-order valence-electron chi connectivity index (χ4n) is 8.86. The van der Waals surface area contributed by atoms with Gasteiger partial charge in [-0.1, -0.05) is 19.4 Å². The van der Waals surface area contributed by atoms with Gasteiger partial charge in [-0.25, -0.2) is 4.79 Å². The molecule has 0 radical (unpaired) electrons. The topological polar surface area (TPSA) is 176 Å². The molecule has 0 aromatic rings. The van der Waals surface area contributed by atoms with Crippen LogP contribution in [0, 0.1) is 28.6 Å². The number of fused-ring (bicyclic) bond motifs is 5. The summed E-state index contributed by atoms with van der Waals surface area (Å²) in [4.78, 5) is 76.4. The number of Topliss-reactive ketones (excluding diaryl/α,β-unsaturated/α-hetero) is 2. The van der Waals surface area contributed by atoms with Crippen LogP contribution in [0.4, 0.5) is 0 Å². The van der Waals surface area contributed by atoms with Crippen LogP contribution in [0.2, 0.25) is 0 Å². The van der Waals surface area contributed by atoms with E-state index in [-0.39, 0.29) is 73.4 Å². The van der Waals surface area contributed by atoms with Crippen molar-refractivity contribution >= 4 is 35.2 Å². The van der Waals surface area contributed by atoms with E-state index >= 15 is 0 Å². The van der Waals surface area contributed by atoms with E-state index in [0.717, 1.165) is 23.3 Å². The Kier molecular flexibility index (Phi) is 7.51. The number of hydrogen-bond acceptors (Lipinski definition) is 9. The molecule has 11 nitrogen and oxygen atoms in total. The van der Waals surface area contributed by atoms with Crippen LogP contribution >= 0.6 is 0 Å². The number of carboxylic acids is 1. The van der Waals surface area contributed by atoms with Crippen LogP contribution in [0.5, 0.6) is 0 Å². The maximum absolute atomic E-state index is 13.7. The third kappa shape index (κ3) is 4.74. The van der Waals surface area contributed by atoms with E-state index in [9.17, 15) is 44.1 Å². The highest BCUT2D eigenvalue weighted by atomic mass is 16.5. The molecule has 0 aromatic carbocycles. The SMILES string of the molecule is C[C@]12CCC(=O)C=C1CC[C@H]1[C@H]2C(=O)C[C@@]2(C)[C@H]1CC[C@]2(O)C(=O)COC(=O)CCC(=O)N1C[C@H](O)C[C@@H]1C(=O)O. The maximum atomic E-state index is 13.7. The number of amides is 1. The van der Waals surface area contributed by atoms with Gasteiger partial charge in [0.2, 0.25) is 11.7 Å². The second-order valence-corrected chi connectivity index (χ2v) is 13.2. The molecular formula is C30H39NO10. The number of hydrogen-bond donors (Lipinski definition) is 3. The second kappa shape index (κ2) is 10.4. The molecule has 8 atom stereocenters. The molecule has 1 heterocycles. The van der Waals surface area contributed by atoms with Crippen LogP contribution in [0.3, 0.4) is 0 Å². The summed E-state index contributed by atoms with van der Waals surface area (Å²) in [6.45, 7) is 3.04. The monoisotopic (exact) mass is 573 g/mol. The average Bonchev–Trinajstić information content (AvgIpc) is 3.43. The Morgan fingerprint density at radius 2 is 1.80 bits per heavy atom. The molecule has 3 saturated carbocycles. The summed E-state index contributed by atoms with van der Waals surface area (Å²) >= 11 is 0. The highest BCUT2D eigenvalue weighted by Crippen LogP contribution is 2.66. The number of likely N-dealkylation sites (tertiary alicyclic amines) is 1. The van der Waals surface area contributed by atoms with Crippen molar-refractivity contribution in [2.45, 2.75) is 95.8 Å². The first-order valence-corrected chi connectivity index (χ1v) is 14.6. The molecule has 4 aliphatic carbocycles. The molecule has 4 fully saturated rings.